The summed E-state index contributed by atoms with van der Waals surface area (Å²) in [5, 5.41) is 15.8. The van der Waals surface area contributed by atoms with E-state index in [4.69, 9.17) is 10.5 Å². The summed E-state index contributed by atoms with van der Waals surface area (Å²) in [7, 11) is 1.38. The van der Waals surface area contributed by atoms with Gasteiger partial charge in [-0.3, -0.25) is 24.5 Å². The van der Waals surface area contributed by atoms with E-state index in [9.17, 15) is 24.5 Å². The monoisotopic (exact) mass is 400 g/mol. The molecule has 10 heteroatoms. The molecule has 0 saturated heterocycles. The van der Waals surface area contributed by atoms with E-state index >= 15 is 0 Å². The summed E-state index contributed by atoms with van der Waals surface area (Å²) in [5.74, 6) is -1.60. The standard InChI is InChI=1S/C19H20N4O6/c1-29-16-8-7-14(23(27)28)9-13(16)10-15(18(20)25)22-17(24)11-21-19(26)12-5-3-2-4-6-12/h2-9,15H,10-11H2,1H3,(H2,20,25)(H,21,26)(H,22,24)/t15-/m1/s1. The number of carbonyl (C=O) groups excluding carboxylic acids is 3. The van der Waals surface area contributed by atoms with Crippen molar-refractivity contribution in [2.75, 3.05) is 13.7 Å². The molecule has 0 unspecified atom stereocenters. The van der Waals surface area contributed by atoms with Crippen molar-refractivity contribution in [3.8, 4) is 5.75 Å². The van der Waals surface area contributed by atoms with Crippen molar-refractivity contribution >= 4 is 23.4 Å². The molecular weight excluding hydrogens is 380 g/mol. The lowest BCUT2D eigenvalue weighted by atomic mass is 10.0. The summed E-state index contributed by atoms with van der Waals surface area (Å²) in [6.07, 6.45) is -0.113. The summed E-state index contributed by atoms with van der Waals surface area (Å²) < 4.78 is 5.15. The molecule has 2 rings (SSSR count). The van der Waals surface area contributed by atoms with Crippen molar-refractivity contribution < 1.29 is 24.0 Å². The smallest absolute Gasteiger partial charge is 0.269 e. The topological polar surface area (TPSA) is 154 Å². The largest absolute Gasteiger partial charge is 0.496 e. The number of hydrogen-bond acceptors (Lipinski definition) is 6. The highest BCUT2D eigenvalue weighted by atomic mass is 16.6. The fourth-order valence-corrected chi connectivity index (χ4v) is 2.58. The van der Waals surface area contributed by atoms with Gasteiger partial charge in [0.2, 0.25) is 11.8 Å². The molecule has 0 radical (unpaired) electrons. The molecule has 4 N–H and O–H groups in total. The minimum atomic E-state index is -1.15. The average molecular weight is 400 g/mol. The molecule has 0 aliphatic carbocycles. The number of benzene rings is 2. The number of carbonyl (C=O) groups is 3. The van der Waals surface area contributed by atoms with Crippen LogP contribution in [0.3, 0.4) is 0 Å². The molecule has 0 bridgehead atoms. The molecule has 1 atom stereocenters. The van der Waals surface area contributed by atoms with Crippen LogP contribution in [0.2, 0.25) is 0 Å². The second-order valence-corrected chi connectivity index (χ2v) is 6.03. The lowest BCUT2D eigenvalue weighted by Crippen LogP contribution is -2.49. The number of amides is 3. The summed E-state index contributed by atoms with van der Waals surface area (Å²) in [5.41, 5.74) is 5.88. The number of primary amides is 1. The Morgan fingerprint density at radius 3 is 2.45 bits per heavy atom. The third kappa shape index (κ3) is 6.03. The third-order valence-electron chi connectivity index (χ3n) is 4.02. The van der Waals surface area contributed by atoms with Crippen LogP contribution in [0.1, 0.15) is 15.9 Å². The Morgan fingerprint density at radius 1 is 1.17 bits per heavy atom. The van der Waals surface area contributed by atoms with Crippen LogP contribution in [-0.4, -0.2) is 42.3 Å². The van der Waals surface area contributed by atoms with E-state index in [1.54, 1.807) is 30.3 Å². The lowest BCUT2D eigenvalue weighted by Gasteiger charge is -2.17. The maximum atomic E-state index is 12.1. The average Bonchev–Trinajstić information content (AvgIpc) is 2.71. The second-order valence-electron chi connectivity index (χ2n) is 6.03. The molecule has 0 spiro atoms. The molecule has 0 aromatic heterocycles. The molecule has 2 aromatic rings. The van der Waals surface area contributed by atoms with E-state index in [1.165, 1.54) is 25.3 Å². The van der Waals surface area contributed by atoms with Gasteiger partial charge in [-0.2, -0.15) is 0 Å². The van der Waals surface area contributed by atoms with Crippen LogP contribution in [0, 0.1) is 10.1 Å². The zero-order valence-electron chi connectivity index (χ0n) is 15.6. The van der Waals surface area contributed by atoms with Crippen molar-refractivity contribution in [1.82, 2.24) is 10.6 Å². The Morgan fingerprint density at radius 2 is 1.86 bits per heavy atom. The molecule has 29 heavy (non-hydrogen) atoms. The number of nitrogens with two attached hydrogens (primary N) is 1. The van der Waals surface area contributed by atoms with Gasteiger partial charge in [0.25, 0.3) is 11.6 Å². The van der Waals surface area contributed by atoms with Gasteiger partial charge < -0.3 is 21.1 Å². The van der Waals surface area contributed by atoms with Crippen molar-refractivity contribution in [3.63, 3.8) is 0 Å². The number of non-ortho nitro benzene ring substituents is 1. The van der Waals surface area contributed by atoms with Gasteiger partial charge in [-0.15, -0.1) is 0 Å². The van der Waals surface area contributed by atoms with Gasteiger partial charge in [-0.25, -0.2) is 0 Å². The number of nitro groups is 1. The van der Waals surface area contributed by atoms with Crippen LogP contribution in [0.25, 0.3) is 0 Å². The number of nitro benzene ring substituents is 1. The number of nitrogens with zero attached hydrogens (tertiary/aromatic N) is 1. The summed E-state index contributed by atoms with van der Waals surface area (Å²) in [4.78, 5) is 46.3. The lowest BCUT2D eigenvalue weighted by molar-refractivity contribution is -0.384. The van der Waals surface area contributed by atoms with Gasteiger partial charge >= 0.3 is 0 Å². The maximum absolute atomic E-state index is 12.1. The molecule has 0 saturated carbocycles. The Kier molecular flexibility index (Phi) is 7.24. The number of hydrogen-bond donors (Lipinski definition) is 3. The molecular formula is C19H20N4O6. The van der Waals surface area contributed by atoms with E-state index < -0.39 is 28.7 Å². The van der Waals surface area contributed by atoms with Gasteiger partial charge in [0, 0.05) is 29.7 Å². The first-order valence-corrected chi connectivity index (χ1v) is 8.55. The van der Waals surface area contributed by atoms with E-state index in [-0.39, 0.29) is 18.7 Å². The Balaban J connectivity index is 2.04. The summed E-state index contributed by atoms with van der Waals surface area (Å²) in [6, 6.07) is 11.1. The predicted molar refractivity (Wildman–Crippen MR) is 103 cm³/mol. The van der Waals surface area contributed by atoms with Crippen LogP contribution in [0.5, 0.6) is 5.75 Å². The zero-order chi connectivity index (χ0) is 21.4. The van der Waals surface area contributed by atoms with Crippen LogP contribution >= 0.6 is 0 Å². The highest BCUT2D eigenvalue weighted by molar-refractivity contribution is 5.97. The molecule has 10 nitrogen and oxygen atoms in total. The van der Waals surface area contributed by atoms with E-state index in [1.807, 2.05) is 0 Å². The van der Waals surface area contributed by atoms with E-state index in [2.05, 4.69) is 10.6 Å². The predicted octanol–water partition coefficient (Wildman–Crippen LogP) is 0.546. The molecule has 152 valence electrons. The normalized spacial score (nSPS) is 11.2. The minimum absolute atomic E-state index is 0.113. The molecule has 0 aliphatic heterocycles. The quantitative estimate of drug-likeness (QED) is 0.412. The van der Waals surface area contributed by atoms with Gasteiger partial charge in [-0.1, -0.05) is 18.2 Å². The van der Waals surface area contributed by atoms with Gasteiger partial charge in [0.05, 0.1) is 18.6 Å². The maximum Gasteiger partial charge on any atom is 0.269 e. The minimum Gasteiger partial charge on any atom is -0.496 e. The molecule has 0 aliphatic rings. The van der Waals surface area contributed by atoms with Gasteiger partial charge in [0.15, 0.2) is 0 Å². The number of ether oxygens (including phenoxy) is 1. The van der Waals surface area contributed by atoms with E-state index in [0.29, 0.717) is 16.9 Å². The van der Waals surface area contributed by atoms with Crippen molar-refractivity contribution in [1.29, 1.82) is 0 Å². The van der Waals surface area contributed by atoms with Gasteiger partial charge in [-0.05, 0) is 18.2 Å². The first-order chi connectivity index (χ1) is 13.8. The second kappa shape index (κ2) is 9.83. The van der Waals surface area contributed by atoms with Crippen molar-refractivity contribution in [2.45, 2.75) is 12.5 Å². The Labute approximate surface area is 166 Å². The highest BCUT2D eigenvalue weighted by Gasteiger charge is 2.22. The van der Waals surface area contributed by atoms with Crippen molar-refractivity contribution in [3.05, 3.63) is 69.8 Å². The molecule has 2 aromatic carbocycles. The molecule has 3 amide bonds. The SMILES string of the molecule is COc1ccc([N+](=O)[O-])cc1C[C@@H](NC(=O)CNC(=O)c1ccccc1)C(N)=O. The van der Waals surface area contributed by atoms with Gasteiger partial charge in [0.1, 0.15) is 11.8 Å². The first-order valence-electron chi connectivity index (χ1n) is 8.55. The van der Waals surface area contributed by atoms with E-state index in [0.717, 1.165) is 0 Å². The zero-order valence-corrected chi connectivity index (χ0v) is 15.6. The number of nitrogens with one attached hydrogen (secondary N) is 2. The highest BCUT2D eigenvalue weighted by Crippen LogP contribution is 2.25. The van der Waals surface area contributed by atoms with Crippen LogP contribution in [-0.2, 0) is 16.0 Å². The third-order valence-corrected chi connectivity index (χ3v) is 4.02. The summed E-state index contributed by atoms with van der Waals surface area (Å²) in [6.45, 7) is -0.371. The Bertz CT molecular complexity index is 916. The number of methoxy groups -OCH3 is 1. The van der Waals surface area contributed by atoms with Crippen LogP contribution < -0.4 is 21.1 Å². The van der Waals surface area contributed by atoms with Crippen LogP contribution in [0.15, 0.2) is 48.5 Å². The summed E-state index contributed by atoms with van der Waals surface area (Å²) >= 11 is 0. The molecule has 0 heterocycles. The first kappa shape index (κ1) is 21.4. The fourth-order valence-electron chi connectivity index (χ4n) is 2.58. The Hall–Kier alpha value is -3.95. The fraction of sp³-hybridized carbons (Fsp3) is 0.211. The number of rotatable bonds is 9. The van der Waals surface area contributed by atoms with Crippen LogP contribution in [0.4, 0.5) is 5.69 Å². The molecule has 0 fully saturated rings. The van der Waals surface area contributed by atoms with Crippen molar-refractivity contribution in [2.24, 2.45) is 5.73 Å².